The number of para-hydroxylation sites is 1. The number of fused-ring (bicyclic) bond motifs is 1. The molecular formula is C27H24N6O. The van der Waals surface area contributed by atoms with E-state index in [2.05, 4.69) is 33.2 Å². The summed E-state index contributed by atoms with van der Waals surface area (Å²) in [5, 5.41) is 4.88. The molecule has 0 saturated heterocycles. The third kappa shape index (κ3) is 4.02. The molecule has 6 rings (SSSR count). The molecule has 0 radical (unpaired) electrons. The van der Waals surface area contributed by atoms with Crippen LogP contribution in [0.3, 0.4) is 0 Å². The Morgan fingerprint density at radius 1 is 1.00 bits per heavy atom. The fourth-order valence-corrected chi connectivity index (χ4v) is 4.39. The van der Waals surface area contributed by atoms with Crippen LogP contribution in [0.25, 0.3) is 28.5 Å². The quantitative estimate of drug-likeness (QED) is 0.383. The lowest BCUT2D eigenvalue weighted by Crippen LogP contribution is -2.31. The van der Waals surface area contributed by atoms with Crippen LogP contribution in [-0.2, 0) is 19.5 Å². The maximum absolute atomic E-state index is 5.94. The molecule has 4 aromatic heterocycles. The standard InChI is InChI=1S/C27H24N6O/c1-19-9-10-25(34-19)26-22(18-33(31-26)23-7-3-2-4-8-23)17-32-13-11-24-21(16-32)15-29-27(30-24)20-6-5-12-28-14-20/h2-10,12,14-15,18H,11,13,16-17H2,1H3. The summed E-state index contributed by atoms with van der Waals surface area (Å²) in [5.41, 5.74) is 6.27. The molecule has 168 valence electrons. The number of furan rings is 1. The Balaban J connectivity index is 1.27. The van der Waals surface area contributed by atoms with Crippen molar-refractivity contribution in [3.05, 3.63) is 102 Å². The Morgan fingerprint density at radius 2 is 1.91 bits per heavy atom. The summed E-state index contributed by atoms with van der Waals surface area (Å²) in [7, 11) is 0. The van der Waals surface area contributed by atoms with Gasteiger partial charge in [0, 0.05) is 67.5 Å². The smallest absolute Gasteiger partial charge is 0.160 e. The van der Waals surface area contributed by atoms with Gasteiger partial charge in [-0.1, -0.05) is 18.2 Å². The number of benzene rings is 1. The van der Waals surface area contributed by atoms with Crippen LogP contribution >= 0.6 is 0 Å². The van der Waals surface area contributed by atoms with Crippen molar-refractivity contribution in [2.24, 2.45) is 0 Å². The summed E-state index contributed by atoms with van der Waals surface area (Å²) < 4.78 is 7.87. The number of aryl methyl sites for hydroxylation is 1. The fourth-order valence-electron chi connectivity index (χ4n) is 4.39. The van der Waals surface area contributed by atoms with Crippen LogP contribution in [-0.4, -0.2) is 36.2 Å². The van der Waals surface area contributed by atoms with E-state index in [4.69, 9.17) is 14.5 Å². The number of nitrogens with zero attached hydrogens (tertiary/aromatic N) is 6. The second kappa shape index (κ2) is 8.68. The van der Waals surface area contributed by atoms with Gasteiger partial charge in [0.1, 0.15) is 11.5 Å². The molecule has 0 saturated carbocycles. The average Bonchev–Trinajstić information content (AvgIpc) is 3.51. The van der Waals surface area contributed by atoms with E-state index >= 15 is 0 Å². The summed E-state index contributed by atoms with van der Waals surface area (Å²) in [6.45, 7) is 4.45. The second-order valence-electron chi connectivity index (χ2n) is 8.56. The van der Waals surface area contributed by atoms with Crippen molar-refractivity contribution in [2.75, 3.05) is 6.54 Å². The minimum atomic E-state index is 0.736. The molecule has 0 aliphatic carbocycles. The van der Waals surface area contributed by atoms with E-state index in [-0.39, 0.29) is 0 Å². The van der Waals surface area contributed by atoms with E-state index in [0.29, 0.717) is 0 Å². The van der Waals surface area contributed by atoms with Crippen LogP contribution in [0.2, 0.25) is 0 Å². The van der Waals surface area contributed by atoms with Crippen molar-refractivity contribution in [2.45, 2.75) is 26.4 Å². The average molecular weight is 449 g/mol. The summed E-state index contributed by atoms with van der Waals surface area (Å²) >= 11 is 0. The molecule has 0 N–H and O–H groups in total. The molecule has 0 atom stereocenters. The van der Waals surface area contributed by atoms with Crippen LogP contribution in [0.1, 0.15) is 22.6 Å². The van der Waals surface area contributed by atoms with Gasteiger partial charge in [0.2, 0.25) is 0 Å². The highest BCUT2D eigenvalue weighted by molar-refractivity contribution is 5.58. The van der Waals surface area contributed by atoms with E-state index in [9.17, 15) is 0 Å². The van der Waals surface area contributed by atoms with Gasteiger partial charge in [-0.15, -0.1) is 0 Å². The van der Waals surface area contributed by atoms with Crippen LogP contribution in [0.4, 0.5) is 0 Å². The van der Waals surface area contributed by atoms with Gasteiger partial charge in [-0.2, -0.15) is 5.10 Å². The van der Waals surface area contributed by atoms with Crippen molar-refractivity contribution < 1.29 is 4.42 Å². The zero-order valence-corrected chi connectivity index (χ0v) is 18.9. The zero-order chi connectivity index (χ0) is 22.9. The predicted octanol–water partition coefficient (Wildman–Crippen LogP) is 4.85. The highest BCUT2D eigenvalue weighted by atomic mass is 16.3. The molecular weight excluding hydrogens is 424 g/mol. The number of aromatic nitrogens is 5. The first-order valence-corrected chi connectivity index (χ1v) is 11.4. The summed E-state index contributed by atoms with van der Waals surface area (Å²) in [5.74, 6) is 2.41. The third-order valence-electron chi connectivity index (χ3n) is 6.11. The Bertz CT molecular complexity index is 1420. The first-order valence-electron chi connectivity index (χ1n) is 11.4. The van der Waals surface area contributed by atoms with Crippen LogP contribution in [0, 0.1) is 6.92 Å². The first-order chi connectivity index (χ1) is 16.7. The van der Waals surface area contributed by atoms with E-state index in [1.165, 1.54) is 5.56 Å². The third-order valence-corrected chi connectivity index (χ3v) is 6.11. The topological polar surface area (TPSA) is 72.9 Å². The monoisotopic (exact) mass is 448 g/mol. The lowest BCUT2D eigenvalue weighted by molar-refractivity contribution is 0.243. The van der Waals surface area contributed by atoms with Crippen molar-refractivity contribution in [1.82, 2.24) is 29.6 Å². The predicted molar refractivity (Wildman–Crippen MR) is 129 cm³/mol. The minimum absolute atomic E-state index is 0.736. The summed E-state index contributed by atoms with van der Waals surface area (Å²) in [6, 6.07) is 18.1. The van der Waals surface area contributed by atoms with Gasteiger partial charge in [-0.25, -0.2) is 14.6 Å². The molecule has 0 fully saturated rings. The van der Waals surface area contributed by atoms with Gasteiger partial charge in [0.05, 0.1) is 11.4 Å². The van der Waals surface area contributed by atoms with Gasteiger partial charge in [0.15, 0.2) is 11.6 Å². The summed E-state index contributed by atoms with van der Waals surface area (Å²) in [6.07, 6.45) is 8.52. The van der Waals surface area contributed by atoms with Crippen LogP contribution in [0.15, 0.2) is 83.8 Å². The van der Waals surface area contributed by atoms with Crippen LogP contribution in [0.5, 0.6) is 0 Å². The van der Waals surface area contributed by atoms with Gasteiger partial charge >= 0.3 is 0 Å². The van der Waals surface area contributed by atoms with Crippen LogP contribution < -0.4 is 0 Å². The molecule has 1 aliphatic heterocycles. The van der Waals surface area contributed by atoms with Gasteiger partial charge in [-0.3, -0.25) is 9.88 Å². The van der Waals surface area contributed by atoms with Crippen molar-refractivity contribution in [3.63, 3.8) is 0 Å². The molecule has 7 nitrogen and oxygen atoms in total. The molecule has 1 aliphatic rings. The van der Waals surface area contributed by atoms with Crippen molar-refractivity contribution in [3.8, 4) is 28.5 Å². The normalized spacial score (nSPS) is 13.7. The minimum Gasteiger partial charge on any atom is -0.460 e. The van der Waals surface area contributed by atoms with E-state index in [0.717, 1.165) is 71.6 Å². The highest BCUT2D eigenvalue weighted by Crippen LogP contribution is 2.28. The zero-order valence-electron chi connectivity index (χ0n) is 18.9. The first kappa shape index (κ1) is 20.5. The number of hydrogen-bond acceptors (Lipinski definition) is 6. The number of rotatable bonds is 5. The van der Waals surface area contributed by atoms with E-state index in [1.54, 1.807) is 12.4 Å². The number of hydrogen-bond donors (Lipinski definition) is 0. The van der Waals surface area contributed by atoms with E-state index in [1.807, 2.05) is 60.3 Å². The molecule has 0 spiro atoms. The maximum atomic E-state index is 5.94. The molecule has 0 unspecified atom stereocenters. The van der Waals surface area contributed by atoms with Crippen molar-refractivity contribution in [1.29, 1.82) is 0 Å². The summed E-state index contributed by atoms with van der Waals surface area (Å²) in [4.78, 5) is 16.0. The van der Waals surface area contributed by atoms with E-state index < -0.39 is 0 Å². The Kier molecular flexibility index (Phi) is 5.24. The Morgan fingerprint density at radius 3 is 2.71 bits per heavy atom. The molecule has 0 bridgehead atoms. The molecule has 5 heterocycles. The Hall–Kier alpha value is -4.10. The van der Waals surface area contributed by atoms with Gasteiger partial charge < -0.3 is 4.42 Å². The fraction of sp³-hybridized carbons (Fsp3) is 0.185. The number of pyridine rings is 1. The molecule has 0 amide bonds. The Labute approximate surface area is 197 Å². The maximum Gasteiger partial charge on any atom is 0.160 e. The molecule has 1 aromatic carbocycles. The lowest BCUT2D eigenvalue weighted by Gasteiger charge is -2.27. The molecule has 7 heteroatoms. The van der Waals surface area contributed by atoms with Gasteiger partial charge in [0.25, 0.3) is 0 Å². The molecule has 34 heavy (non-hydrogen) atoms. The largest absolute Gasteiger partial charge is 0.460 e. The van der Waals surface area contributed by atoms with Crippen molar-refractivity contribution >= 4 is 0 Å². The van der Waals surface area contributed by atoms with Gasteiger partial charge in [-0.05, 0) is 43.3 Å². The lowest BCUT2D eigenvalue weighted by atomic mass is 10.1. The SMILES string of the molecule is Cc1ccc(-c2nn(-c3ccccc3)cc2CN2CCc3nc(-c4cccnc4)ncc3C2)o1. The molecule has 5 aromatic rings. The second-order valence-corrected chi connectivity index (χ2v) is 8.56. The highest BCUT2D eigenvalue weighted by Gasteiger charge is 2.22.